The fourth-order valence-electron chi connectivity index (χ4n) is 2.21. The lowest BCUT2D eigenvalue weighted by Crippen LogP contribution is -1.90. The lowest BCUT2D eigenvalue weighted by molar-refractivity contribution is 0.631. The first-order valence-electron chi connectivity index (χ1n) is 5.79. The van der Waals surface area contributed by atoms with E-state index in [1.165, 1.54) is 6.07 Å². The van der Waals surface area contributed by atoms with E-state index in [0.29, 0.717) is 11.3 Å². The second-order valence-corrected chi connectivity index (χ2v) is 4.27. The van der Waals surface area contributed by atoms with Gasteiger partial charge in [-0.2, -0.15) is 0 Å². The predicted molar refractivity (Wildman–Crippen MR) is 73.8 cm³/mol. The second-order valence-electron chi connectivity index (χ2n) is 4.27. The summed E-state index contributed by atoms with van der Waals surface area (Å²) >= 11 is 0. The molecular formula is C16H12FN. The summed E-state index contributed by atoms with van der Waals surface area (Å²) in [7, 11) is 0. The zero-order chi connectivity index (χ0) is 12.5. The van der Waals surface area contributed by atoms with Gasteiger partial charge in [0.1, 0.15) is 5.82 Å². The first-order valence-corrected chi connectivity index (χ1v) is 5.79. The molecule has 88 valence electrons. The van der Waals surface area contributed by atoms with Crippen LogP contribution in [0.25, 0.3) is 21.9 Å². The number of fused-ring (bicyclic) bond motifs is 1. The van der Waals surface area contributed by atoms with Crippen LogP contribution in [-0.4, -0.2) is 0 Å². The molecule has 0 fully saturated rings. The molecule has 0 heterocycles. The fourth-order valence-corrected chi connectivity index (χ4v) is 2.21. The highest BCUT2D eigenvalue weighted by atomic mass is 19.1. The number of hydrogen-bond donors (Lipinski definition) is 1. The number of rotatable bonds is 1. The zero-order valence-electron chi connectivity index (χ0n) is 9.73. The Kier molecular flexibility index (Phi) is 2.49. The Bertz CT molecular complexity index is 714. The first-order chi connectivity index (χ1) is 8.75. The van der Waals surface area contributed by atoms with E-state index >= 15 is 0 Å². The Balaban J connectivity index is 2.35. The van der Waals surface area contributed by atoms with Crippen LogP contribution in [0.15, 0.2) is 60.7 Å². The number of nitrogens with two attached hydrogens (primary N) is 1. The van der Waals surface area contributed by atoms with Gasteiger partial charge in [0.15, 0.2) is 0 Å². The molecular weight excluding hydrogens is 225 g/mol. The van der Waals surface area contributed by atoms with Crippen molar-refractivity contribution in [2.45, 2.75) is 0 Å². The van der Waals surface area contributed by atoms with E-state index in [2.05, 4.69) is 0 Å². The Hall–Kier alpha value is -2.35. The minimum atomic E-state index is -0.249. The van der Waals surface area contributed by atoms with Crippen molar-refractivity contribution in [1.29, 1.82) is 0 Å². The highest BCUT2D eigenvalue weighted by Crippen LogP contribution is 2.31. The number of anilines is 1. The minimum absolute atomic E-state index is 0.249. The van der Waals surface area contributed by atoms with Gasteiger partial charge in [0.25, 0.3) is 0 Å². The molecule has 0 bridgehead atoms. The van der Waals surface area contributed by atoms with Crippen molar-refractivity contribution in [3.05, 3.63) is 66.5 Å². The maximum atomic E-state index is 13.9. The van der Waals surface area contributed by atoms with Gasteiger partial charge in [-0.1, -0.05) is 42.5 Å². The van der Waals surface area contributed by atoms with E-state index in [4.69, 9.17) is 5.73 Å². The standard InChI is InChI=1S/C16H12FN/c17-16-9-8-12(18)10-15(16)14-7-3-5-11-4-1-2-6-13(11)14/h1-10H,18H2. The lowest BCUT2D eigenvalue weighted by atomic mass is 9.97. The minimum Gasteiger partial charge on any atom is -0.399 e. The van der Waals surface area contributed by atoms with Crippen LogP contribution in [0.1, 0.15) is 0 Å². The van der Waals surface area contributed by atoms with Gasteiger partial charge < -0.3 is 5.73 Å². The van der Waals surface area contributed by atoms with Gasteiger partial charge >= 0.3 is 0 Å². The van der Waals surface area contributed by atoms with Crippen LogP contribution < -0.4 is 5.73 Å². The summed E-state index contributed by atoms with van der Waals surface area (Å²) in [6, 6.07) is 18.5. The van der Waals surface area contributed by atoms with Crippen molar-refractivity contribution in [2.24, 2.45) is 0 Å². The SMILES string of the molecule is Nc1ccc(F)c(-c2cccc3ccccc23)c1. The van der Waals surface area contributed by atoms with E-state index in [9.17, 15) is 4.39 Å². The maximum absolute atomic E-state index is 13.9. The van der Waals surface area contributed by atoms with Gasteiger partial charge in [0.2, 0.25) is 0 Å². The molecule has 0 amide bonds. The third-order valence-corrected chi connectivity index (χ3v) is 3.07. The van der Waals surface area contributed by atoms with Crippen molar-refractivity contribution < 1.29 is 4.39 Å². The number of nitrogen functional groups attached to an aromatic ring is 1. The average molecular weight is 237 g/mol. The van der Waals surface area contributed by atoms with Gasteiger partial charge in [-0.25, -0.2) is 4.39 Å². The Labute approximate surface area is 105 Å². The van der Waals surface area contributed by atoms with Crippen LogP contribution in [0.5, 0.6) is 0 Å². The molecule has 18 heavy (non-hydrogen) atoms. The summed E-state index contributed by atoms with van der Waals surface area (Å²) in [5.41, 5.74) is 7.73. The highest BCUT2D eigenvalue weighted by molar-refractivity contribution is 5.97. The molecule has 3 rings (SSSR count). The molecule has 0 saturated heterocycles. The summed E-state index contributed by atoms with van der Waals surface area (Å²) in [5, 5.41) is 2.13. The normalized spacial score (nSPS) is 10.7. The van der Waals surface area contributed by atoms with Crippen LogP contribution in [0.3, 0.4) is 0 Å². The third kappa shape index (κ3) is 1.72. The molecule has 0 saturated carbocycles. The van der Waals surface area contributed by atoms with Crippen molar-refractivity contribution in [2.75, 3.05) is 5.73 Å². The quantitative estimate of drug-likeness (QED) is 0.630. The zero-order valence-corrected chi connectivity index (χ0v) is 9.73. The maximum Gasteiger partial charge on any atom is 0.131 e. The van der Waals surface area contributed by atoms with Crippen molar-refractivity contribution in [3.63, 3.8) is 0 Å². The third-order valence-electron chi connectivity index (χ3n) is 3.07. The Morgan fingerprint density at radius 3 is 2.44 bits per heavy atom. The van der Waals surface area contributed by atoms with E-state index < -0.39 is 0 Å². The van der Waals surface area contributed by atoms with Crippen LogP contribution in [0.2, 0.25) is 0 Å². The van der Waals surface area contributed by atoms with Crippen molar-refractivity contribution in [1.82, 2.24) is 0 Å². The summed E-state index contributed by atoms with van der Waals surface area (Å²) in [6.45, 7) is 0. The lowest BCUT2D eigenvalue weighted by Gasteiger charge is -2.08. The molecule has 0 unspecified atom stereocenters. The fraction of sp³-hybridized carbons (Fsp3) is 0. The molecule has 1 nitrogen and oxygen atoms in total. The summed E-state index contributed by atoms with van der Waals surface area (Å²) < 4.78 is 13.9. The Morgan fingerprint density at radius 1 is 0.778 bits per heavy atom. The molecule has 0 aromatic heterocycles. The molecule has 3 aromatic carbocycles. The van der Waals surface area contributed by atoms with Gasteiger partial charge in [-0.05, 0) is 34.5 Å². The molecule has 0 aliphatic carbocycles. The summed E-state index contributed by atoms with van der Waals surface area (Å²) in [5.74, 6) is -0.249. The molecule has 0 spiro atoms. The highest BCUT2D eigenvalue weighted by Gasteiger charge is 2.08. The summed E-state index contributed by atoms with van der Waals surface area (Å²) in [4.78, 5) is 0. The number of hydrogen-bond acceptors (Lipinski definition) is 1. The molecule has 0 aliphatic rings. The first kappa shape index (κ1) is 10.8. The number of halogens is 1. The largest absolute Gasteiger partial charge is 0.399 e. The van der Waals surface area contributed by atoms with Crippen molar-refractivity contribution in [3.8, 4) is 11.1 Å². The van der Waals surface area contributed by atoms with Gasteiger partial charge in [-0.15, -0.1) is 0 Å². The molecule has 2 N–H and O–H groups in total. The van der Waals surface area contributed by atoms with E-state index in [1.54, 1.807) is 12.1 Å². The topological polar surface area (TPSA) is 26.0 Å². The van der Waals surface area contributed by atoms with Crippen LogP contribution >= 0.6 is 0 Å². The van der Waals surface area contributed by atoms with E-state index in [0.717, 1.165) is 16.3 Å². The predicted octanol–water partition coefficient (Wildman–Crippen LogP) is 4.23. The van der Waals surface area contributed by atoms with Crippen molar-refractivity contribution >= 4 is 16.5 Å². The van der Waals surface area contributed by atoms with Crippen LogP contribution in [0, 0.1) is 5.82 Å². The van der Waals surface area contributed by atoms with E-state index in [-0.39, 0.29) is 5.82 Å². The van der Waals surface area contributed by atoms with Gasteiger partial charge in [-0.3, -0.25) is 0 Å². The molecule has 2 heteroatoms. The average Bonchev–Trinajstić information content (AvgIpc) is 2.41. The monoisotopic (exact) mass is 237 g/mol. The molecule has 0 aliphatic heterocycles. The second kappa shape index (κ2) is 4.15. The van der Waals surface area contributed by atoms with Gasteiger partial charge in [0.05, 0.1) is 0 Å². The van der Waals surface area contributed by atoms with E-state index in [1.807, 2.05) is 42.5 Å². The summed E-state index contributed by atoms with van der Waals surface area (Å²) in [6.07, 6.45) is 0. The Morgan fingerprint density at radius 2 is 1.56 bits per heavy atom. The molecule has 3 aromatic rings. The van der Waals surface area contributed by atoms with Crippen LogP contribution in [0.4, 0.5) is 10.1 Å². The van der Waals surface area contributed by atoms with Gasteiger partial charge in [0, 0.05) is 11.3 Å². The number of benzene rings is 3. The smallest absolute Gasteiger partial charge is 0.131 e. The molecule has 0 radical (unpaired) electrons. The van der Waals surface area contributed by atoms with Crippen LogP contribution in [-0.2, 0) is 0 Å². The molecule has 0 atom stereocenters.